The number of carbonyl (C=O) groups is 3. The number of hydrogen-bond donors (Lipinski definition) is 0. The van der Waals surface area contributed by atoms with E-state index in [2.05, 4.69) is 0 Å². The molecule has 5 nitrogen and oxygen atoms in total. The molecule has 6 heteroatoms. The largest absolute Gasteiger partial charge is 0.327 e. The van der Waals surface area contributed by atoms with Gasteiger partial charge in [-0.2, -0.15) is 0 Å². The summed E-state index contributed by atoms with van der Waals surface area (Å²) < 4.78 is 0. The molecule has 1 fully saturated rings. The number of rotatable bonds is 6. The van der Waals surface area contributed by atoms with Crippen LogP contribution in [-0.4, -0.2) is 47.2 Å². The fraction of sp³-hybridized carbons (Fsp3) is 0.611. The maximum atomic E-state index is 12.7. The van der Waals surface area contributed by atoms with Crippen molar-refractivity contribution in [1.82, 2.24) is 9.80 Å². The fourth-order valence-electron chi connectivity index (χ4n) is 3.34. The quantitative estimate of drug-likeness (QED) is 0.579. The lowest BCUT2D eigenvalue weighted by molar-refractivity contribution is -0.116. The molecule has 1 aromatic rings. The third-order valence-electron chi connectivity index (χ3n) is 5.24. The number of hydrogen-bond acceptors (Lipinski definition) is 4. The second-order valence-corrected chi connectivity index (χ2v) is 7.91. The number of Topliss-reactive ketones (excluding diaryl/α,β-unsaturated/α-hetero) is 1. The van der Waals surface area contributed by atoms with Gasteiger partial charge in [-0.05, 0) is 44.1 Å². The van der Waals surface area contributed by atoms with E-state index in [-0.39, 0.29) is 17.9 Å². The molecular formula is C18H26N2O3S. The molecule has 1 aliphatic carbocycles. The van der Waals surface area contributed by atoms with Crippen molar-refractivity contribution in [1.29, 1.82) is 0 Å². The van der Waals surface area contributed by atoms with E-state index in [4.69, 9.17) is 0 Å². The lowest BCUT2D eigenvalue weighted by atomic mass is 9.76. The van der Waals surface area contributed by atoms with Crippen molar-refractivity contribution in [3.8, 4) is 0 Å². The molecule has 1 saturated carbocycles. The van der Waals surface area contributed by atoms with E-state index >= 15 is 0 Å². The summed E-state index contributed by atoms with van der Waals surface area (Å²) >= 11 is 1.31. The number of imide groups is 1. The third kappa shape index (κ3) is 4.04. The van der Waals surface area contributed by atoms with Gasteiger partial charge < -0.3 is 4.90 Å². The fourth-order valence-corrected chi connectivity index (χ4v) is 4.00. The topological polar surface area (TPSA) is 57.7 Å². The van der Waals surface area contributed by atoms with Crippen LogP contribution in [0, 0.1) is 5.92 Å². The minimum absolute atomic E-state index is 0.214. The van der Waals surface area contributed by atoms with Gasteiger partial charge in [-0.1, -0.05) is 25.3 Å². The van der Waals surface area contributed by atoms with Crippen LogP contribution >= 0.6 is 11.3 Å². The van der Waals surface area contributed by atoms with Gasteiger partial charge in [0.2, 0.25) is 6.41 Å². The molecule has 1 aliphatic rings. The molecule has 0 atom stereocenters. The van der Waals surface area contributed by atoms with E-state index < -0.39 is 6.03 Å². The van der Waals surface area contributed by atoms with Crippen molar-refractivity contribution in [3.63, 3.8) is 0 Å². The van der Waals surface area contributed by atoms with Gasteiger partial charge in [0.25, 0.3) is 0 Å². The molecule has 0 bridgehead atoms. The van der Waals surface area contributed by atoms with Crippen LogP contribution in [0.1, 0.15) is 55.6 Å². The molecular weight excluding hydrogens is 324 g/mol. The summed E-state index contributed by atoms with van der Waals surface area (Å²) in [5.74, 6) is 0.205. The summed E-state index contributed by atoms with van der Waals surface area (Å²) in [6.45, 7) is 3.88. The zero-order valence-corrected chi connectivity index (χ0v) is 15.5. The number of amides is 3. The summed E-state index contributed by atoms with van der Waals surface area (Å²) in [7, 11) is 1.73. The molecule has 0 radical (unpaired) electrons. The molecule has 1 heterocycles. The number of carbonyl (C=O) groups excluding carboxylic acids is 3. The average Bonchev–Trinajstić information content (AvgIpc) is 3.13. The Bertz CT molecular complexity index is 577. The maximum Gasteiger partial charge on any atom is 0.327 e. The first-order chi connectivity index (χ1) is 11.4. The molecule has 2 rings (SSSR count). The van der Waals surface area contributed by atoms with Crippen molar-refractivity contribution in [3.05, 3.63) is 22.4 Å². The number of ketones is 1. The SMILES string of the molecule is CN(C(=O)N(C=O)CC(=O)c1cccs1)C(C)(C)C1CCCCC1. The van der Waals surface area contributed by atoms with Crippen molar-refractivity contribution < 1.29 is 14.4 Å². The van der Waals surface area contributed by atoms with E-state index in [0.717, 1.165) is 17.7 Å². The summed E-state index contributed by atoms with van der Waals surface area (Å²) in [6, 6.07) is 3.07. The van der Waals surface area contributed by atoms with Gasteiger partial charge in [-0.3, -0.25) is 14.5 Å². The van der Waals surface area contributed by atoms with E-state index in [0.29, 0.717) is 17.2 Å². The van der Waals surface area contributed by atoms with Crippen LogP contribution < -0.4 is 0 Å². The number of urea groups is 1. The Morgan fingerprint density at radius 2 is 1.96 bits per heavy atom. The molecule has 0 unspecified atom stereocenters. The van der Waals surface area contributed by atoms with Gasteiger partial charge in [0, 0.05) is 12.6 Å². The normalized spacial score (nSPS) is 15.8. The Labute approximate surface area is 147 Å². The lowest BCUT2D eigenvalue weighted by Gasteiger charge is -2.44. The summed E-state index contributed by atoms with van der Waals surface area (Å²) in [5, 5.41) is 1.80. The molecule has 132 valence electrons. The summed E-state index contributed by atoms with van der Waals surface area (Å²) in [4.78, 5) is 39.5. The Hall–Kier alpha value is -1.69. The van der Waals surface area contributed by atoms with Crippen LogP contribution in [0.2, 0.25) is 0 Å². The molecule has 0 aromatic carbocycles. The first-order valence-corrected chi connectivity index (χ1v) is 9.32. The molecule has 3 amide bonds. The number of thiophene rings is 1. The van der Waals surface area contributed by atoms with Crippen molar-refractivity contribution in [2.75, 3.05) is 13.6 Å². The van der Waals surface area contributed by atoms with E-state index in [9.17, 15) is 14.4 Å². The molecule has 0 spiro atoms. The lowest BCUT2D eigenvalue weighted by Crippen LogP contribution is -2.55. The standard InChI is InChI=1S/C18H26N2O3S/c1-18(2,14-8-5-4-6-9-14)19(3)17(23)20(13-21)12-15(22)16-10-7-11-24-16/h7,10-11,13-14H,4-6,8-9,12H2,1-3H3. The van der Waals surface area contributed by atoms with Crippen molar-refractivity contribution >= 4 is 29.6 Å². The van der Waals surface area contributed by atoms with Crippen molar-refractivity contribution in [2.45, 2.75) is 51.5 Å². The Kier molecular flexibility index (Phi) is 6.15. The van der Waals surface area contributed by atoms with E-state index in [1.807, 2.05) is 13.8 Å². The van der Waals surface area contributed by atoms with Crippen LogP contribution in [0.5, 0.6) is 0 Å². The molecule has 0 aliphatic heterocycles. The van der Waals surface area contributed by atoms with Crippen LogP contribution in [-0.2, 0) is 4.79 Å². The first-order valence-electron chi connectivity index (χ1n) is 8.44. The smallest absolute Gasteiger partial charge is 0.322 e. The van der Waals surface area contributed by atoms with Crippen LogP contribution in [0.25, 0.3) is 0 Å². The highest BCUT2D eigenvalue weighted by molar-refractivity contribution is 7.12. The van der Waals surface area contributed by atoms with Gasteiger partial charge in [0.1, 0.15) is 0 Å². The minimum Gasteiger partial charge on any atom is -0.322 e. The maximum absolute atomic E-state index is 12.7. The van der Waals surface area contributed by atoms with Gasteiger partial charge in [-0.15, -0.1) is 11.3 Å². The Morgan fingerprint density at radius 1 is 1.29 bits per heavy atom. The van der Waals surface area contributed by atoms with Crippen LogP contribution in [0.3, 0.4) is 0 Å². The third-order valence-corrected chi connectivity index (χ3v) is 6.15. The van der Waals surface area contributed by atoms with Crippen LogP contribution in [0.4, 0.5) is 4.79 Å². The van der Waals surface area contributed by atoms with E-state index in [1.165, 1.54) is 30.6 Å². The zero-order valence-electron chi connectivity index (χ0n) is 14.7. The minimum atomic E-state index is -0.412. The monoisotopic (exact) mass is 350 g/mol. The molecule has 0 saturated heterocycles. The Balaban J connectivity index is 2.06. The number of nitrogens with zero attached hydrogens (tertiary/aromatic N) is 2. The van der Waals surface area contributed by atoms with Crippen LogP contribution in [0.15, 0.2) is 17.5 Å². The molecule has 24 heavy (non-hydrogen) atoms. The van der Waals surface area contributed by atoms with Gasteiger partial charge in [0.05, 0.1) is 11.4 Å². The predicted octanol–water partition coefficient (Wildman–Crippen LogP) is 3.80. The van der Waals surface area contributed by atoms with Crippen molar-refractivity contribution in [2.24, 2.45) is 5.92 Å². The summed E-state index contributed by atoms with van der Waals surface area (Å²) in [5.41, 5.74) is -0.343. The van der Waals surface area contributed by atoms with Gasteiger partial charge in [-0.25, -0.2) is 4.79 Å². The summed E-state index contributed by atoms with van der Waals surface area (Å²) in [6.07, 6.45) is 6.27. The second-order valence-electron chi connectivity index (χ2n) is 6.96. The van der Waals surface area contributed by atoms with Gasteiger partial charge >= 0.3 is 6.03 Å². The highest BCUT2D eigenvalue weighted by atomic mass is 32.1. The Morgan fingerprint density at radius 3 is 2.50 bits per heavy atom. The zero-order chi connectivity index (χ0) is 17.7. The second kappa shape index (κ2) is 7.92. The average molecular weight is 350 g/mol. The van der Waals surface area contributed by atoms with Gasteiger partial charge in [0.15, 0.2) is 5.78 Å². The molecule has 1 aromatic heterocycles. The highest BCUT2D eigenvalue weighted by Crippen LogP contribution is 2.36. The highest BCUT2D eigenvalue weighted by Gasteiger charge is 2.38. The predicted molar refractivity (Wildman–Crippen MR) is 95.2 cm³/mol. The molecule has 0 N–H and O–H groups in total. The first kappa shape index (κ1) is 18.6. The van der Waals surface area contributed by atoms with E-state index in [1.54, 1.807) is 29.5 Å².